The van der Waals surface area contributed by atoms with Gasteiger partial charge in [0.15, 0.2) is 13.5 Å². The van der Waals surface area contributed by atoms with E-state index in [-0.39, 0.29) is 5.04 Å². The highest BCUT2D eigenvalue weighted by molar-refractivity contribution is 6.74. The highest BCUT2D eigenvalue weighted by Gasteiger charge is 2.37. The van der Waals surface area contributed by atoms with Crippen molar-refractivity contribution in [3.05, 3.63) is 47.2 Å². The number of nitrogens with zero attached hydrogens (tertiary/aromatic N) is 3. The van der Waals surface area contributed by atoms with Crippen LogP contribution < -0.4 is 0 Å². The molecule has 0 bridgehead atoms. The van der Waals surface area contributed by atoms with Crippen molar-refractivity contribution < 1.29 is 4.43 Å². The summed E-state index contributed by atoms with van der Waals surface area (Å²) in [5, 5.41) is 6.59. The topological polar surface area (TPSA) is 39.9 Å². The average Bonchev–Trinajstić information content (AvgIpc) is 3.01. The van der Waals surface area contributed by atoms with Crippen LogP contribution in [0, 0.1) is 0 Å². The molecule has 29 heavy (non-hydrogen) atoms. The summed E-state index contributed by atoms with van der Waals surface area (Å²) in [6.07, 6.45) is 1.74. The highest BCUT2D eigenvalue weighted by atomic mass is 35.5. The first-order chi connectivity index (χ1) is 13.5. The van der Waals surface area contributed by atoms with Crippen molar-refractivity contribution in [1.82, 2.24) is 14.8 Å². The van der Waals surface area contributed by atoms with Crippen molar-refractivity contribution in [2.75, 3.05) is 6.61 Å². The van der Waals surface area contributed by atoms with Crippen molar-refractivity contribution in [3.8, 4) is 11.3 Å². The quantitative estimate of drug-likeness (QED) is 0.316. The highest BCUT2D eigenvalue weighted by Crippen LogP contribution is 2.37. The Hall–Kier alpha value is -1.69. The van der Waals surface area contributed by atoms with Crippen LogP contribution >= 0.6 is 11.6 Å². The second-order valence-electron chi connectivity index (χ2n) is 9.46. The fourth-order valence-corrected chi connectivity index (χ4v) is 4.38. The predicted octanol–water partition coefficient (Wildman–Crippen LogP) is 6.90. The van der Waals surface area contributed by atoms with E-state index in [1.54, 1.807) is 6.20 Å². The summed E-state index contributed by atoms with van der Waals surface area (Å²) in [5.74, 6) is 0.504. The third-order valence-electron chi connectivity index (χ3n) is 6.04. The lowest BCUT2D eigenvalue weighted by atomic mass is 10.00. The van der Waals surface area contributed by atoms with Crippen LogP contribution in [-0.2, 0) is 11.0 Å². The van der Waals surface area contributed by atoms with E-state index in [1.165, 1.54) is 5.56 Å². The SMILES string of the molecule is CC(C)c1ccc(-c2nn(CCO[Si](C)(C)C(C)(C)C)c3c(Cl)nccc23)cc1. The molecule has 0 saturated heterocycles. The largest absolute Gasteiger partial charge is 0.415 e. The average molecular weight is 430 g/mol. The molecule has 2 heterocycles. The number of pyridine rings is 1. The fourth-order valence-electron chi connectivity index (χ4n) is 3.09. The summed E-state index contributed by atoms with van der Waals surface area (Å²) in [6, 6.07) is 10.6. The number of rotatable bonds is 6. The first kappa shape index (κ1) is 22.0. The van der Waals surface area contributed by atoms with E-state index >= 15 is 0 Å². The molecule has 156 valence electrons. The summed E-state index contributed by atoms with van der Waals surface area (Å²) in [6.45, 7) is 17.0. The van der Waals surface area contributed by atoms with Crippen molar-refractivity contribution in [2.45, 2.75) is 65.2 Å². The Labute approximate surface area is 180 Å². The zero-order chi connectivity index (χ0) is 21.4. The van der Waals surface area contributed by atoms with Crippen LogP contribution in [0.25, 0.3) is 22.2 Å². The van der Waals surface area contributed by atoms with Crippen molar-refractivity contribution in [3.63, 3.8) is 0 Å². The van der Waals surface area contributed by atoms with Gasteiger partial charge in [0, 0.05) is 17.1 Å². The second kappa shape index (κ2) is 8.21. The molecule has 0 saturated carbocycles. The molecule has 0 aliphatic carbocycles. The molecule has 6 heteroatoms. The van der Waals surface area contributed by atoms with Crippen LogP contribution in [0.15, 0.2) is 36.5 Å². The lowest BCUT2D eigenvalue weighted by molar-refractivity contribution is 0.268. The molecule has 2 aromatic heterocycles. The molecule has 1 aromatic carbocycles. The van der Waals surface area contributed by atoms with Crippen LogP contribution in [0.3, 0.4) is 0 Å². The smallest absolute Gasteiger partial charge is 0.192 e. The number of aromatic nitrogens is 3. The van der Waals surface area contributed by atoms with E-state index in [9.17, 15) is 0 Å². The molecule has 0 spiro atoms. The van der Waals surface area contributed by atoms with Crippen molar-refractivity contribution in [2.24, 2.45) is 0 Å². The third kappa shape index (κ3) is 4.57. The maximum Gasteiger partial charge on any atom is 0.192 e. The maximum atomic E-state index is 6.47. The van der Waals surface area contributed by atoms with Gasteiger partial charge in [0.05, 0.1) is 13.2 Å². The minimum absolute atomic E-state index is 0.182. The van der Waals surface area contributed by atoms with Crippen LogP contribution in [0.2, 0.25) is 23.3 Å². The van der Waals surface area contributed by atoms with Crippen LogP contribution in [0.1, 0.15) is 46.1 Å². The molecule has 0 N–H and O–H groups in total. The number of hydrogen-bond acceptors (Lipinski definition) is 3. The molecule has 3 rings (SSSR count). The summed E-state index contributed by atoms with van der Waals surface area (Å²) in [5.41, 5.74) is 4.22. The third-order valence-corrected chi connectivity index (χ3v) is 10.9. The van der Waals surface area contributed by atoms with Crippen molar-refractivity contribution in [1.29, 1.82) is 0 Å². The van der Waals surface area contributed by atoms with Gasteiger partial charge in [-0.2, -0.15) is 5.10 Å². The van der Waals surface area contributed by atoms with Gasteiger partial charge in [-0.15, -0.1) is 0 Å². The Morgan fingerprint density at radius 2 is 1.76 bits per heavy atom. The molecular formula is C23H32ClN3OSi. The van der Waals surface area contributed by atoms with Gasteiger partial charge in [0.25, 0.3) is 0 Å². The van der Waals surface area contributed by atoms with Gasteiger partial charge in [-0.1, -0.05) is 70.5 Å². The molecule has 0 aliphatic heterocycles. The van der Waals surface area contributed by atoms with E-state index < -0.39 is 8.32 Å². The molecule has 0 atom stereocenters. The zero-order valence-electron chi connectivity index (χ0n) is 18.6. The summed E-state index contributed by atoms with van der Waals surface area (Å²) < 4.78 is 8.31. The van der Waals surface area contributed by atoms with Gasteiger partial charge in [0.2, 0.25) is 0 Å². The number of benzene rings is 1. The molecule has 0 radical (unpaired) electrons. The van der Waals surface area contributed by atoms with Crippen LogP contribution in [-0.4, -0.2) is 29.7 Å². The molecule has 0 unspecified atom stereocenters. The summed E-state index contributed by atoms with van der Waals surface area (Å²) in [4.78, 5) is 4.28. The van der Waals surface area contributed by atoms with Gasteiger partial charge in [-0.3, -0.25) is 4.68 Å². The van der Waals surface area contributed by atoms with E-state index in [0.29, 0.717) is 24.2 Å². The number of fused-ring (bicyclic) bond motifs is 1. The Bertz CT molecular complexity index is 988. The first-order valence-electron chi connectivity index (χ1n) is 10.3. The summed E-state index contributed by atoms with van der Waals surface area (Å²) in [7, 11) is -1.80. The van der Waals surface area contributed by atoms with Gasteiger partial charge < -0.3 is 4.43 Å². The minimum atomic E-state index is -1.80. The van der Waals surface area contributed by atoms with Crippen LogP contribution in [0.5, 0.6) is 0 Å². The van der Waals surface area contributed by atoms with Gasteiger partial charge in [-0.05, 0) is 35.7 Å². The zero-order valence-corrected chi connectivity index (χ0v) is 20.3. The van der Waals surface area contributed by atoms with Gasteiger partial charge >= 0.3 is 0 Å². The minimum Gasteiger partial charge on any atom is -0.415 e. The Morgan fingerprint density at radius 3 is 2.34 bits per heavy atom. The lowest BCUT2D eigenvalue weighted by Gasteiger charge is -2.36. The monoisotopic (exact) mass is 429 g/mol. The molecule has 0 fully saturated rings. The molecule has 3 aromatic rings. The Kier molecular flexibility index (Phi) is 6.23. The lowest BCUT2D eigenvalue weighted by Crippen LogP contribution is -2.41. The number of halogens is 1. The standard InChI is InChI=1S/C23H32ClN3OSi/c1-16(2)17-8-10-18(11-9-17)20-19-12-13-25-22(24)21(19)27(26-20)14-15-28-29(6,7)23(3,4)5/h8-13,16H,14-15H2,1-7H3. The number of hydrogen-bond donors (Lipinski definition) is 0. The fraction of sp³-hybridized carbons (Fsp3) is 0.478. The predicted molar refractivity (Wildman–Crippen MR) is 125 cm³/mol. The van der Waals surface area contributed by atoms with Gasteiger partial charge in [-0.25, -0.2) is 4.98 Å². The van der Waals surface area contributed by atoms with Crippen LogP contribution in [0.4, 0.5) is 0 Å². The van der Waals surface area contributed by atoms with Crippen molar-refractivity contribution >= 4 is 30.8 Å². The van der Waals surface area contributed by atoms with E-state index in [4.69, 9.17) is 21.1 Å². The maximum absolute atomic E-state index is 6.47. The molecule has 0 amide bonds. The molecule has 4 nitrogen and oxygen atoms in total. The Morgan fingerprint density at radius 1 is 1.10 bits per heavy atom. The molecular weight excluding hydrogens is 398 g/mol. The van der Waals surface area contributed by atoms with Gasteiger partial charge in [0.1, 0.15) is 11.2 Å². The normalized spacial score (nSPS) is 12.9. The van der Waals surface area contributed by atoms with E-state index in [2.05, 4.69) is 77.0 Å². The summed E-state index contributed by atoms with van der Waals surface area (Å²) >= 11 is 6.47. The first-order valence-corrected chi connectivity index (χ1v) is 13.5. The van der Waals surface area contributed by atoms with E-state index in [0.717, 1.165) is 22.2 Å². The Balaban J connectivity index is 1.93. The van der Waals surface area contributed by atoms with E-state index in [1.807, 2.05) is 10.7 Å². The molecule has 0 aliphatic rings. The second-order valence-corrected chi connectivity index (χ2v) is 14.6.